The Balaban J connectivity index is 1.76. The molecule has 1 aromatic heterocycles. The fraction of sp³-hybridized carbons (Fsp3) is 0.370. The lowest BCUT2D eigenvalue weighted by atomic mass is 9.92. The highest BCUT2D eigenvalue weighted by molar-refractivity contribution is 5.87. The van der Waals surface area contributed by atoms with Crippen molar-refractivity contribution in [3.05, 3.63) is 76.3 Å². The maximum atomic E-state index is 13.1. The zero-order chi connectivity index (χ0) is 24.2. The van der Waals surface area contributed by atoms with E-state index in [1.54, 1.807) is 4.90 Å². The molecule has 2 aromatic carbocycles. The van der Waals surface area contributed by atoms with Crippen LogP contribution in [-0.2, 0) is 4.74 Å². The summed E-state index contributed by atoms with van der Waals surface area (Å²) in [4.78, 5) is 19.6. The molecule has 178 valence electrons. The van der Waals surface area contributed by atoms with Crippen LogP contribution in [-0.4, -0.2) is 40.8 Å². The van der Waals surface area contributed by atoms with E-state index in [9.17, 15) is 4.79 Å². The zero-order valence-electron chi connectivity index (χ0n) is 20.5. The number of ether oxygens (including phenoxy) is 1. The van der Waals surface area contributed by atoms with Gasteiger partial charge in [-0.2, -0.15) is 4.98 Å². The molecule has 1 atom stereocenters. The molecule has 7 nitrogen and oxygen atoms in total. The van der Waals surface area contributed by atoms with Crippen molar-refractivity contribution in [1.29, 1.82) is 0 Å². The van der Waals surface area contributed by atoms with Crippen LogP contribution in [0.25, 0.3) is 17.0 Å². The summed E-state index contributed by atoms with van der Waals surface area (Å²) in [5.41, 5.74) is 6.98. The highest BCUT2D eigenvalue weighted by Crippen LogP contribution is 2.38. The van der Waals surface area contributed by atoms with Gasteiger partial charge in [-0.15, -0.1) is 0 Å². The molecule has 0 bridgehead atoms. The molecule has 0 fully saturated rings. The van der Waals surface area contributed by atoms with E-state index in [-0.39, 0.29) is 12.1 Å². The first-order valence-electron chi connectivity index (χ1n) is 11.7. The highest BCUT2D eigenvalue weighted by atomic mass is 16.5. The van der Waals surface area contributed by atoms with Crippen molar-refractivity contribution in [3.63, 3.8) is 0 Å². The lowest BCUT2D eigenvalue weighted by Gasteiger charge is -2.35. The van der Waals surface area contributed by atoms with Gasteiger partial charge in [0, 0.05) is 31.0 Å². The summed E-state index contributed by atoms with van der Waals surface area (Å²) in [6.07, 6.45) is 0.735. The molecular weight excluding hydrogens is 428 g/mol. The Bertz CT molecular complexity index is 1210. The van der Waals surface area contributed by atoms with E-state index in [0.29, 0.717) is 31.5 Å². The number of urea groups is 1. The van der Waals surface area contributed by atoms with Crippen molar-refractivity contribution < 1.29 is 14.1 Å². The van der Waals surface area contributed by atoms with Crippen LogP contribution in [0.15, 0.2) is 52.7 Å². The summed E-state index contributed by atoms with van der Waals surface area (Å²) in [6, 6.07) is 13.7. The Morgan fingerprint density at radius 1 is 1.09 bits per heavy atom. The maximum absolute atomic E-state index is 13.1. The van der Waals surface area contributed by atoms with Crippen LogP contribution in [0, 0.1) is 20.8 Å². The molecule has 3 aromatic rings. The summed E-state index contributed by atoms with van der Waals surface area (Å²) in [5, 5.41) is 7.42. The molecule has 0 radical (unpaired) electrons. The van der Waals surface area contributed by atoms with Crippen molar-refractivity contribution in [1.82, 2.24) is 20.4 Å². The summed E-state index contributed by atoms with van der Waals surface area (Å²) >= 11 is 0. The number of aryl methyl sites for hydroxylation is 3. The van der Waals surface area contributed by atoms with E-state index >= 15 is 0 Å². The van der Waals surface area contributed by atoms with Crippen LogP contribution >= 0.6 is 0 Å². The summed E-state index contributed by atoms with van der Waals surface area (Å²) in [7, 11) is 0. The molecule has 2 amide bonds. The second-order valence-corrected chi connectivity index (χ2v) is 8.72. The number of hydrogen-bond acceptors (Lipinski definition) is 5. The van der Waals surface area contributed by atoms with Gasteiger partial charge in [-0.3, -0.25) is 4.90 Å². The molecule has 1 aliphatic heterocycles. The van der Waals surface area contributed by atoms with E-state index in [1.807, 2.05) is 51.1 Å². The largest absolute Gasteiger partial charge is 0.382 e. The van der Waals surface area contributed by atoms with Crippen molar-refractivity contribution in [2.45, 2.75) is 47.1 Å². The normalized spacial score (nSPS) is 16.2. The average molecular weight is 461 g/mol. The summed E-state index contributed by atoms with van der Waals surface area (Å²) in [5.74, 6) is 0.935. The second kappa shape index (κ2) is 10.2. The van der Waals surface area contributed by atoms with Crippen molar-refractivity contribution in [2.24, 2.45) is 0 Å². The number of carbonyl (C=O) groups excluding carboxylic acids is 1. The average Bonchev–Trinajstić information content (AvgIpc) is 3.30. The van der Waals surface area contributed by atoms with Gasteiger partial charge in [0.15, 0.2) is 0 Å². The maximum Gasteiger partial charge on any atom is 0.322 e. The molecule has 1 unspecified atom stereocenters. The Morgan fingerprint density at radius 3 is 2.65 bits per heavy atom. The summed E-state index contributed by atoms with van der Waals surface area (Å²) in [6.45, 7) is 11.9. The Morgan fingerprint density at radius 2 is 1.91 bits per heavy atom. The Kier molecular flexibility index (Phi) is 7.12. The lowest BCUT2D eigenvalue weighted by molar-refractivity contribution is 0.136. The number of aromatic nitrogens is 2. The molecule has 0 spiro atoms. The van der Waals surface area contributed by atoms with Crippen molar-refractivity contribution in [3.8, 4) is 11.4 Å². The van der Waals surface area contributed by atoms with Crippen LogP contribution in [0.5, 0.6) is 0 Å². The van der Waals surface area contributed by atoms with Crippen LogP contribution in [0.3, 0.4) is 0 Å². The van der Waals surface area contributed by atoms with Gasteiger partial charge in [-0.05, 0) is 63.8 Å². The Hall–Kier alpha value is -3.45. The molecule has 1 aliphatic rings. The van der Waals surface area contributed by atoms with Crippen LogP contribution < -0.4 is 5.32 Å². The standard InChI is InChI=1S/C27H32N4O3/c1-6-33-14-8-13-31-20(5)23(24(28-27(31)32)21-12-11-18(3)19(4)16-21)26-29-25(30-34-26)22-10-7-9-17(2)15-22/h7,9-12,15-16,24H,6,8,13-14H2,1-5H3,(H,28,32). The van der Waals surface area contributed by atoms with Gasteiger partial charge < -0.3 is 14.6 Å². The Labute approximate surface area is 200 Å². The second-order valence-electron chi connectivity index (χ2n) is 8.72. The molecule has 7 heteroatoms. The first-order chi connectivity index (χ1) is 16.4. The number of rotatable bonds is 8. The first-order valence-corrected chi connectivity index (χ1v) is 11.7. The molecule has 2 heterocycles. The molecule has 0 saturated heterocycles. The number of nitrogens with one attached hydrogen (secondary N) is 1. The number of allylic oxidation sites excluding steroid dienone is 1. The van der Waals surface area contributed by atoms with Crippen LogP contribution in [0.2, 0.25) is 0 Å². The monoisotopic (exact) mass is 460 g/mol. The quantitative estimate of drug-likeness (QED) is 0.444. The third kappa shape index (κ3) is 4.89. The minimum Gasteiger partial charge on any atom is -0.382 e. The van der Waals surface area contributed by atoms with Crippen molar-refractivity contribution >= 4 is 11.6 Å². The van der Waals surface area contributed by atoms with Crippen LogP contribution in [0.4, 0.5) is 4.79 Å². The predicted octanol–water partition coefficient (Wildman–Crippen LogP) is 5.59. The van der Waals surface area contributed by atoms with Gasteiger partial charge in [0.1, 0.15) is 0 Å². The van der Waals surface area contributed by atoms with E-state index < -0.39 is 0 Å². The van der Waals surface area contributed by atoms with Gasteiger partial charge in [-0.1, -0.05) is 47.1 Å². The van der Waals surface area contributed by atoms with E-state index in [2.05, 4.69) is 36.5 Å². The van der Waals surface area contributed by atoms with Gasteiger partial charge in [0.2, 0.25) is 5.82 Å². The molecular formula is C27H32N4O3. The number of benzene rings is 2. The molecule has 4 rings (SSSR count). The lowest BCUT2D eigenvalue weighted by Crippen LogP contribution is -2.46. The molecule has 1 N–H and O–H groups in total. The van der Waals surface area contributed by atoms with Gasteiger partial charge >= 0.3 is 6.03 Å². The van der Waals surface area contributed by atoms with Gasteiger partial charge in [-0.25, -0.2) is 4.79 Å². The van der Waals surface area contributed by atoms with E-state index in [1.165, 1.54) is 5.56 Å². The van der Waals surface area contributed by atoms with Gasteiger partial charge in [0.05, 0.1) is 11.6 Å². The summed E-state index contributed by atoms with van der Waals surface area (Å²) < 4.78 is 11.2. The number of amides is 2. The number of nitrogens with zero attached hydrogens (tertiary/aromatic N) is 3. The minimum absolute atomic E-state index is 0.139. The topological polar surface area (TPSA) is 80.5 Å². The smallest absolute Gasteiger partial charge is 0.322 e. The minimum atomic E-state index is -0.388. The van der Waals surface area contributed by atoms with E-state index in [4.69, 9.17) is 14.2 Å². The third-order valence-corrected chi connectivity index (χ3v) is 6.27. The van der Waals surface area contributed by atoms with E-state index in [0.717, 1.165) is 39.9 Å². The number of carbonyl (C=O) groups is 1. The highest BCUT2D eigenvalue weighted by Gasteiger charge is 2.35. The third-order valence-electron chi connectivity index (χ3n) is 6.27. The molecule has 0 aliphatic carbocycles. The molecule has 0 saturated carbocycles. The van der Waals surface area contributed by atoms with Gasteiger partial charge in [0.25, 0.3) is 5.89 Å². The predicted molar refractivity (Wildman–Crippen MR) is 132 cm³/mol. The van der Waals surface area contributed by atoms with Crippen molar-refractivity contribution in [2.75, 3.05) is 19.8 Å². The zero-order valence-corrected chi connectivity index (χ0v) is 20.5. The number of hydrogen-bond donors (Lipinski definition) is 1. The fourth-order valence-electron chi connectivity index (χ4n) is 4.23. The fourth-order valence-corrected chi connectivity index (χ4v) is 4.23. The molecule has 34 heavy (non-hydrogen) atoms. The van der Waals surface area contributed by atoms with Crippen LogP contribution in [0.1, 0.15) is 54.5 Å². The SMILES string of the molecule is CCOCCCN1C(=O)NC(c2ccc(C)c(C)c2)C(c2nc(-c3cccc(C)c3)no2)=C1C. The first kappa shape index (κ1) is 23.7.